The maximum Gasteiger partial charge on any atom is 0.242 e. The second-order valence-corrected chi connectivity index (χ2v) is 9.29. The van der Waals surface area contributed by atoms with Gasteiger partial charge in [0.2, 0.25) is 15.9 Å². The molecule has 0 aliphatic heterocycles. The summed E-state index contributed by atoms with van der Waals surface area (Å²) >= 11 is 0. The molecule has 32 heavy (non-hydrogen) atoms. The maximum absolute atomic E-state index is 12.8. The van der Waals surface area contributed by atoms with Gasteiger partial charge in [-0.2, -0.15) is 4.72 Å². The van der Waals surface area contributed by atoms with Crippen LogP contribution in [0.5, 0.6) is 5.75 Å². The number of carbonyl (C=O) groups is 1. The summed E-state index contributed by atoms with van der Waals surface area (Å²) in [5.41, 5.74) is 2.32. The van der Waals surface area contributed by atoms with Crippen LogP contribution in [0.3, 0.4) is 0 Å². The molecule has 0 heterocycles. The summed E-state index contributed by atoms with van der Waals surface area (Å²) in [6.07, 6.45) is 0. The molecule has 0 aromatic heterocycles. The van der Waals surface area contributed by atoms with Crippen LogP contribution in [0.4, 0.5) is 17.1 Å². The standard InChI is InChI=1S/C24H27N3O4S/c1-17(2)23(27-32(29,30)22-7-5-4-6-8-22)24(28)26-20-11-9-18(10-12-20)25-19-13-15-21(31-3)16-14-19/h4-17,23,25,27H,1-3H3,(H,26,28). The first-order valence-electron chi connectivity index (χ1n) is 10.2. The van der Waals surface area contributed by atoms with Crippen molar-refractivity contribution in [3.63, 3.8) is 0 Å². The van der Waals surface area contributed by atoms with Gasteiger partial charge in [0.1, 0.15) is 11.8 Å². The summed E-state index contributed by atoms with van der Waals surface area (Å²) < 4.78 is 33.0. The zero-order valence-electron chi connectivity index (χ0n) is 18.2. The summed E-state index contributed by atoms with van der Waals surface area (Å²) in [5, 5.41) is 6.06. The first kappa shape index (κ1) is 23.3. The van der Waals surface area contributed by atoms with Crippen LogP contribution >= 0.6 is 0 Å². The topological polar surface area (TPSA) is 96.5 Å². The number of amides is 1. The number of nitrogens with one attached hydrogen (secondary N) is 3. The zero-order chi connectivity index (χ0) is 23.1. The van der Waals surface area contributed by atoms with E-state index in [-0.39, 0.29) is 10.8 Å². The minimum absolute atomic E-state index is 0.118. The lowest BCUT2D eigenvalue weighted by Crippen LogP contribution is -2.47. The Kier molecular flexibility index (Phi) is 7.50. The van der Waals surface area contributed by atoms with Gasteiger partial charge in [-0.05, 0) is 66.6 Å². The van der Waals surface area contributed by atoms with Crippen LogP contribution in [0.25, 0.3) is 0 Å². The summed E-state index contributed by atoms with van der Waals surface area (Å²) in [6, 6.07) is 21.8. The Morgan fingerprint density at radius 3 is 1.88 bits per heavy atom. The number of rotatable bonds is 9. The van der Waals surface area contributed by atoms with E-state index in [0.717, 1.165) is 17.1 Å². The molecule has 0 fully saturated rings. The van der Waals surface area contributed by atoms with Gasteiger partial charge < -0.3 is 15.4 Å². The molecule has 1 amide bonds. The van der Waals surface area contributed by atoms with E-state index in [1.165, 1.54) is 12.1 Å². The average Bonchev–Trinajstić information content (AvgIpc) is 2.79. The lowest BCUT2D eigenvalue weighted by molar-refractivity contribution is -0.118. The maximum atomic E-state index is 12.8. The molecule has 1 unspecified atom stereocenters. The van der Waals surface area contributed by atoms with Crippen LogP contribution < -0.4 is 20.1 Å². The molecule has 0 bridgehead atoms. The van der Waals surface area contributed by atoms with Gasteiger partial charge in [0.25, 0.3) is 0 Å². The molecule has 3 aromatic carbocycles. The van der Waals surface area contributed by atoms with E-state index in [1.807, 2.05) is 36.4 Å². The van der Waals surface area contributed by atoms with Crippen molar-refractivity contribution in [2.75, 3.05) is 17.7 Å². The van der Waals surface area contributed by atoms with E-state index in [4.69, 9.17) is 4.74 Å². The third-order valence-electron chi connectivity index (χ3n) is 4.82. The molecule has 7 nitrogen and oxygen atoms in total. The number of carbonyl (C=O) groups excluding carboxylic acids is 1. The Labute approximate surface area is 188 Å². The normalized spacial score (nSPS) is 12.2. The van der Waals surface area contributed by atoms with E-state index in [2.05, 4.69) is 15.4 Å². The van der Waals surface area contributed by atoms with Gasteiger partial charge in [0.15, 0.2) is 0 Å². The first-order valence-corrected chi connectivity index (χ1v) is 11.7. The number of anilines is 3. The SMILES string of the molecule is COc1ccc(Nc2ccc(NC(=O)C(NS(=O)(=O)c3ccccc3)C(C)C)cc2)cc1. The van der Waals surface area contributed by atoms with Crippen molar-refractivity contribution >= 4 is 33.0 Å². The number of hydrogen-bond acceptors (Lipinski definition) is 5. The van der Waals surface area contributed by atoms with Gasteiger partial charge >= 0.3 is 0 Å². The highest BCUT2D eigenvalue weighted by Gasteiger charge is 2.28. The lowest BCUT2D eigenvalue weighted by atomic mass is 10.0. The van der Waals surface area contributed by atoms with Gasteiger partial charge in [-0.15, -0.1) is 0 Å². The molecule has 168 valence electrons. The lowest BCUT2D eigenvalue weighted by Gasteiger charge is -2.21. The fourth-order valence-electron chi connectivity index (χ4n) is 3.03. The van der Waals surface area contributed by atoms with Crippen molar-refractivity contribution in [2.45, 2.75) is 24.8 Å². The Morgan fingerprint density at radius 2 is 1.34 bits per heavy atom. The molecule has 0 aliphatic rings. The van der Waals surface area contributed by atoms with Crippen LogP contribution in [0, 0.1) is 5.92 Å². The molecule has 8 heteroatoms. The molecular weight excluding hydrogens is 426 g/mol. The average molecular weight is 454 g/mol. The highest BCUT2D eigenvalue weighted by molar-refractivity contribution is 7.89. The van der Waals surface area contributed by atoms with E-state index in [9.17, 15) is 13.2 Å². The summed E-state index contributed by atoms with van der Waals surface area (Å²) in [7, 11) is -2.20. The molecule has 1 atom stereocenters. The smallest absolute Gasteiger partial charge is 0.242 e. The second-order valence-electron chi connectivity index (χ2n) is 7.58. The number of hydrogen-bond donors (Lipinski definition) is 3. The molecule has 3 rings (SSSR count). The Bertz CT molecular complexity index is 1130. The van der Waals surface area contributed by atoms with Crippen molar-refractivity contribution in [2.24, 2.45) is 5.92 Å². The summed E-state index contributed by atoms with van der Waals surface area (Å²) in [5.74, 6) is 0.107. The number of sulfonamides is 1. The van der Waals surface area contributed by atoms with Gasteiger partial charge in [0, 0.05) is 17.1 Å². The highest BCUT2D eigenvalue weighted by Crippen LogP contribution is 2.22. The predicted molar refractivity (Wildman–Crippen MR) is 127 cm³/mol. The number of methoxy groups -OCH3 is 1. The summed E-state index contributed by atoms with van der Waals surface area (Å²) in [6.45, 7) is 3.58. The molecule has 3 N–H and O–H groups in total. The largest absolute Gasteiger partial charge is 0.497 e. The van der Waals surface area contributed by atoms with Crippen molar-refractivity contribution in [3.8, 4) is 5.75 Å². The van der Waals surface area contributed by atoms with Gasteiger partial charge in [-0.25, -0.2) is 8.42 Å². The Hall–Kier alpha value is -3.36. The van der Waals surface area contributed by atoms with Crippen molar-refractivity contribution < 1.29 is 17.9 Å². The van der Waals surface area contributed by atoms with Crippen LogP contribution in [0.2, 0.25) is 0 Å². The van der Waals surface area contributed by atoms with Gasteiger partial charge in [-0.1, -0.05) is 32.0 Å². The molecular formula is C24H27N3O4S. The Balaban J connectivity index is 1.66. The quantitative estimate of drug-likeness (QED) is 0.447. The number of benzene rings is 3. The van der Waals surface area contributed by atoms with E-state index >= 15 is 0 Å². The molecule has 0 aliphatic carbocycles. The number of ether oxygens (including phenoxy) is 1. The van der Waals surface area contributed by atoms with Crippen LogP contribution in [-0.4, -0.2) is 27.5 Å². The molecule has 0 spiro atoms. The van der Waals surface area contributed by atoms with Crippen molar-refractivity contribution in [3.05, 3.63) is 78.9 Å². The predicted octanol–water partition coefficient (Wildman–Crippen LogP) is 4.38. The molecule has 3 aromatic rings. The van der Waals surface area contributed by atoms with Crippen LogP contribution in [-0.2, 0) is 14.8 Å². The van der Waals surface area contributed by atoms with E-state index in [0.29, 0.717) is 5.69 Å². The molecule has 0 radical (unpaired) electrons. The van der Waals surface area contributed by atoms with Crippen molar-refractivity contribution in [1.82, 2.24) is 4.72 Å². The third kappa shape index (κ3) is 6.09. The second kappa shape index (κ2) is 10.3. The summed E-state index contributed by atoms with van der Waals surface area (Å²) in [4.78, 5) is 13.0. The van der Waals surface area contributed by atoms with Crippen molar-refractivity contribution in [1.29, 1.82) is 0 Å². The minimum Gasteiger partial charge on any atom is -0.497 e. The van der Waals surface area contributed by atoms with Gasteiger partial charge in [-0.3, -0.25) is 4.79 Å². The zero-order valence-corrected chi connectivity index (χ0v) is 19.0. The molecule has 0 saturated heterocycles. The van der Waals surface area contributed by atoms with Crippen LogP contribution in [0.15, 0.2) is 83.8 Å². The fraction of sp³-hybridized carbons (Fsp3) is 0.208. The van der Waals surface area contributed by atoms with Crippen LogP contribution in [0.1, 0.15) is 13.8 Å². The first-order chi connectivity index (χ1) is 15.3. The van der Waals surface area contributed by atoms with E-state index < -0.39 is 22.0 Å². The fourth-order valence-corrected chi connectivity index (χ4v) is 4.39. The minimum atomic E-state index is -3.82. The Morgan fingerprint density at radius 1 is 0.812 bits per heavy atom. The van der Waals surface area contributed by atoms with Gasteiger partial charge in [0.05, 0.1) is 12.0 Å². The molecule has 0 saturated carbocycles. The van der Waals surface area contributed by atoms with E-state index in [1.54, 1.807) is 51.3 Å². The third-order valence-corrected chi connectivity index (χ3v) is 6.27. The highest BCUT2D eigenvalue weighted by atomic mass is 32.2. The monoisotopic (exact) mass is 453 g/mol.